The molecule has 0 spiro atoms. The summed E-state index contributed by atoms with van der Waals surface area (Å²) in [7, 11) is 6.02. The molecule has 2 unspecified atom stereocenters. The molecule has 0 N–H and O–H groups in total. The summed E-state index contributed by atoms with van der Waals surface area (Å²) in [5.41, 5.74) is 0.341. The van der Waals surface area contributed by atoms with E-state index in [4.69, 9.17) is 27.9 Å². The van der Waals surface area contributed by atoms with Gasteiger partial charge in [-0.1, -0.05) is 29.3 Å². The Kier molecular flexibility index (Phi) is 3.95. The van der Waals surface area contributed by atoms with Crippen LogP contribution in [0.15, 0.2) is 18.2 Å². The van der Waals surface area contributed by atoms with Crippen LogP contribution in [-0.2, 0) is 14.9 Å². The fourth-order valence-electron chi connectivity index (χ4n) is 4.42. The standard InChI is InChI=1S/C17H22Cl2NO2/c1-20(2)12-5-6-13(20)10-17(9-12,16(21)22-3)11-4-7-14(18)15(19)8-11/h4,7-8,12-13H,5-6,9-10H2,1-3H3/q+1. The number of nitrogens with zero attached hydrogens (tertiary/aromatic N) is 1. The summed E-state index contributed by atoms with van der Waals surface area (Å²) in [6.07, 6.45) is 3.94. The molecule has 0 aliphatic carbocycles. The minimum Gasteiger partial charge on any atom is -0.468 e. The molecule has 2 saturated heterocycles. The number of fused-ring (bicyclic) bond motifs is 2. The maximum atomic E-state index is 12.7. The van der Waals surface area contributed by atoms with Gasteiger partial charge in [0.2, 0.25) is 0 Å². The minimum absolute atomic E-state index is 0.150. The first-order chi connectivity index (χ1) is 10.3. The van der Waals surface area contributed by atoms with Crippen molar-refractivity contribution in [3.05, 3.63) is 33.8 Å². The van der Waals surface area contributed by atoms with E-state index in [-0.39, 0.29) is 5.97 Å². The van der Waals surface area contributed by atoms with E-state index in [2.05, 4.69) is 14.1 Å². The van der Waals surface area contributed by atoms with Crippen LogP contribution in [-0.4, -0.2) is 43.7 Å². The van der Waals surface area contributed by atoms with E-state index < -0.39 is 5.41 Å². The fourth-order valence-corrected chi connectivity index (χ4v) is 4.72. The van der Waals surface area contributed by atoms with Gasteiger partial charge in [0.15, 0.2) is 0 Å². The van der Waals surface area contributed by atoms with E-state index in [1.165, 1.54) is 7.11 Å². The van der Waals surface area contributed by atoms with Gasteiger partial charge in [-0.25, -0.2) is 0 Å². The first kappa shape index (κ1) is 16.1. The van der Waals surface area contributed by atoms with E-state index >= 15 is 0 Å². The van der Waals surface area contributed by atoms with Gasteiger partial charge in [0.1, 0.15) is 5.41 Å². The number of hydrogen-bond donors (Lipinski definition) is 0. The minimum atomic E-state index is -0.595. The molecule has 0 aromatic heterocycles. The second-order valence-corrected chi connectivity index (χ2v) is 7.94. The molecule has 2 heterocycles. The summed E-state index contributed by atoms with van der Waals surface area (Å²) in [4.78, 5) is 12.7. The molecular weight excluding hydrogens is 321 g/mol. The zero-order chi connectivity index (χ0) is 16.1. The number of methoxy groups -OCH3 is 1. The van der Waals surface area contributed by atoms with Crippen LogP contribution in [0.25, 0.3) is 0 Å². The van der Waals surface area contributed by atoms with Crippen LogP contribution >= 0.6 is 23.2 Å². The molecule has 2 fully saturated rings. The Morgan fingerprint density at radius 1 is 1.18 bits per heavy atom. The highest BCUT2D eigenvalue weighted by Crippen LogP contribution is 2.50. The Balaban J connectivity index is 2.08. The highest BCUT2D eigenvalue weighted by atomic mass is 35.5. The monoisotopic (exact) mass is 342 g/mol. The first-order valence-corrected chi connectivity index (χ1v) is 8.44. The highest BCUT2D eigenvalue weighted by molar-refractivity contribution is 6.42. The van der Waals surface area contributed by atoms with Crippen molar-refractivity contribution in [2.75, 3.05) is 21.2 Å². The topological polar surface area (TPSA) is 26.3 Å². The molecule has 2 atom stereocenters. The fraction of sp³-hybridized carbons (Fsp3) is 0.588. The summed E-state index contributed by atoms with van der Waals surface area (Å²) >= 11 is 12.2. The second-order valence-electron chi connectivity index (χ2n) is 7.12. The van der Waals surface area contributed by atoms with E-state index in [1.807, 2.05) is 12.1 Å². The van der Waals surface area contributed by atoms with Crippen LogP contribution in [0, 0.1) is 0 Å². The number of carbonyl (C=O) groups excluding carboxylic acids is 1. The Labute approximate surface area is 141 Å². The van der Waals surface area contributed by atoms with Gasteiger partial charge in [-0.05, 0) is 17.7 Å². The number of esters is 1. The van der Waals surface area contributed by atoms with Gasteiger partial charge in [0, 0.05) is 25.7 Å². The zero-order valence-corrected chi connectivity index (χ0v) is 14.7. The predicted molar refractivity (Wildman–Crippen MR) is 88.3 cm³/mol. The van der Waals surface area contributed by atoms with Crippen molar-refractivity contribution in [3.63, 3.8) is 0 Å². The summed E-state index contributed by atoms with van der Waals surface area (Å²) in [5, 5.41) is 1.01. The van der Waals surface area contributed by atoms with Crippen LogP contribution in [0.5, 0.6) is 0 Å². The summed E-state index contributed by atoms with van der Waals surface area (Å²) in [6, 6.07) is 6.50. The van der Waals surface area contributed by atoms with Gasteiger partial charge in [0.25, 0.3) is 0 Å². The Morgan fingerprint density at radius 2 is 1.77 bits per heavy atom. The molecule has 0 radical (unpaired) electrons. The number of piperidine rings is 1. The normalized spacial score (nSPS) is 32.8. The van der Waals surface area contributed by atoms with Gasteiger partial charge < -0.3 is 9.22 Å². The van der Waals surface area contributed by atoms with Crippen LogP contribution in [0.3, 0.4) is 0 Å². The number of halogens is 2. The molecular formula is C17H22Cl2NO2+. The lowest BCUT2D eigenvalue weighted by Crippen LogP contribution is -2.60. The number of benzene rings is 1. The van der Waals surface area contributed by atoms with Crippen molar-refractivity contribution in [2.24, 2.45) is 0 Å². The summed E-state index contributed by atoms with van der Waals surface area (Å²) < 4.78 is 6.19. The third-order valence-corrected chi connectivity index (χ3v) is 6.67. The lowest BCUT2D eigenvalue weighted by atomic mass is 9.69. The SMILES string of the molecule is COC(=O)C1(c2ccc(Cl)c(Cl)c2)CC2CCC(C1)[N+]2(C)C. The van der Waals surface area contributed by atoms with Gasteiger partial charge >= 0.3 is 5.97 Å². The number of ether oxygens (including phenoxy) is 1. The molecule has 0 amide bonds. The van der Waals surface area contributed by atoms with Crippen molar-refractivity contribution in [2.45, 2.75) is 43.2 Å². The van der Waals surface area contributed by atoms with Gasteiger partial charge in [-0.15, -0.1) is 0 Å². The molecule has 0 saturated carbocycles. The molecule has 3 nitrogen and oxygen atoms in total. The van der Waals surface area contributed by atoms with Crippen molar-refractivity contribution in [3.8, 4) is 0 Å². The maximum Gasteiger partial charge on any atom is 0.316 e. The first-order valence-electron chi connectivity index (χ1n) is 7.68. The number of quaternary nitrogens is 1. The van der Waals surface area contributed by atoms with Crippen molar-refractivity contribution in [1.29, 1.82) is 0 Å². The van der Waals surface area contributed by atoms with E-state index in [0.717, 1.165) is 35.7 Å². The molecule has 1 aromatic carbocycles. The zero-order valence-electron chi connectivity index (χ0n) is 13.2. The molecule has 22 heavy (non-hydrogen) atoms. The number of carbonyl (C=O) groups is 1. The van der Waals surface area contributed by atoms with Gasteiger partial charge in [0.05, 0.1) is 43.3 Å². The Hall–Kier alpha value is -0.770. The molecule has 2 aliphatic heterocycles. The molecule has 1 aromatic rings. The van der Waals surface area contributed by atoms with Crippen molar-refractivity contribution < 1.29 is 14.0 Å². The smallest absolute Gasteiger partial charge is 0.316 e. The quantitative estimate of drug-likeness (QED) is 0.603. The average molecular weight is 343 g/mol. The summed E-state index contributed by atoms with van der Waals surface area (Å²) in [6.45, 7) is 0. The highest BCUT2D eigenvalue weighted by Gasteiger charge is 2.59. The lowest BCUT2D eigenvalue weighted by molar-refractivity contribution is -0.931. The largest absolute Gasteiger partial charge is 0.468 e. The lowest BCUT2D eigenvalue weighted by Gasteiger charge is -2.48. The number of rotatable bonds is 2. The van der Waals surface area contributed by atoms with Crippen LogP contribution in [0.2, 0.25) is 10.0 Å². The third-order valence-electron chi connectivity index (χ3n) is 5.93. The molecule has 5 heteroatoms. The van der Waals surface area contributed by atoms with Gasteiger partial charge in [-0.2, -0.15) is 0 Å². The predicted octanol–water partition coefficient (Wildman–Crippen LogP) is 3.81. The Bertz CT molecular complexity index is 599. The molecule has 3 rings (SSSR count). The van der Waals surface area contributed by atoms with E-state index in [1.54, 1.807) is 6.07 Å². The average Bonchev–Trinajstić information content (AvgIpc) is 2.68. The van der Waals surface area contributed by atoms with E-state index in [0.29, 0.717) is 22.1 Å². The maximum absolute atomic E-state index is 12.7. The second kappa shape index (κ2) is 5.40. The molecule has 120 valence electrons. The van der Waals surface area contributed by atoms with E-state index in [9.17, 15) is 4.79 Å². The van der Waals surface area contributed by atoms with Crippen molar-refractivity contribution in [1.82, 2.24) is 0 Å². The molecule has 2 aliphatic rings. The van der Waals surface area contributed by atoms with Crippen molar-refractivity contribution >= 4 is 29.2 Å². The van der Waals surface area contributed by atoms with Crippen LogP contribution in [0.1, 0.15) is 31.2 Å². The third kappa shape index (κ3) is 2.26. The van der Waals surface area contributed by atoms with Crippen LogP contribution in [0.4, 0.5) is 0 Å². The van der Waals surface area contributed by atoms with Gasteiger partial charge in [-0.3, -0.25) is 4.79 Å². The number of hydrogen-bond acceptors (Lipinski definition) is 2. The molecule has 2 bridgehead atoms. The van der Waals surface area contributed by atoms with Crippen LogP contribution < -0.4 is 0 Å². The summed E-state index contributed by atoms with van der Waals surface area (Å²) in [5.74, 6) is -0.150. The Morgan fingerprint density at radius 3 is 2.27 bits per heavy atom.